The molecule has 0 radical (unpaired) electrons. The quantitative estimate of drug-likeness (QED) is 0.719. The third-order valence-electron chi connectivity index (χ3n) is 3.15. The maximum atomic E-state index is 12.5. The Balaban J connectivity index is 2.92. The molecule has 1 aromatic carbocycles. The Morgan fingerprint density at radius 2 is 2.00 bits per heavy atom. The molecule has 1 aromatic rings. The summed E-state index contributed by atoms with van der Waals surface area (Å²) in [4.78, 5) is 23.4. The smallest absolute Gasteiger partial charge is 0.305 e. The number of carbonyl (C=O) groups excluding carboxylic acids is 1. The Hall–Kier alpha value is -1.88. The third kappa shape index (κ3) is 5.19. The Morgan fingerprint density at radius 3 is 2.48 bits per heavy atom. The van der Waals surface area contributed by atoms with Gasteiger partial charge in [-0.3, -0.25) is 9.59 Å². The van der Waals surface area contributed by atoms with Crippen LogP contribution >= 0.6 is 0 Å². The van der Waals surface area contributed by atoms with Crippen molar-refractivity contribution in [2.45, 2.75) is 33.2 Å². The van der Waals surface area contributed by atoms with Crippen LogP contribution in [-0.2, 0) is 4.79 Å². The molecule has 5 heteroatoms. The molecule has 21 heavy (non-hydrogen) atoms. The maximum Gasteiger partial charge on any atom is 0.305 e. The molecule has 0 saturated carbocycles. The molecule has 0 saturated heterocycles. The molecule has 0 spiro atoms. The van der Waals surface area contributed by atoms with Crippen LogP contribution in [0.5, 0.6) is 5.75 Å². The van der Waals surface area contributed by atoms with Crippen molar-refractivity contribution < 1.29 is 19.4 Å². The molecule has 0 fully saturated rings. The van der Waals surface area contributed by atoms with E-state index in [1.807, 2.05) is 20.8 Å². The highest BCUT2D eigenvalue weighted by atomic mass is 16.5. The predicted molar refractivity (Wildman–Crippen MR) is 80.9 cm³/mol. The van der Waals surface area contributed by atoms with Gasteiger partial charge in [-0.15, -0.1) is 0 Å². The average molecular weight is 293 g/mol. The van der Waals surface area contributed by atoms with E-state index in [4.69, 9.17) is 9.84 Å². The van der Waals surface area contributed by atoms with Gasteiger partial charge in [0.05, 0.1) is 19.6 Å². The molecule has 2 N–H and O–H groups in total. The van der Waals surface area contributed by atoms with Crippen LogP contribution in [0.25, 0.3) is 0 Å². The van der Waals surface area contributed by atoms with Gasteiger partial charge in [-0.05, 0) is 43.1 Å². The second kappa shape index (κ2) is 7.78. The van der Waals surface area contributed by atoms with Gasteiger partial charge in [0.1, 0.15) is 5.75 Å². The highest BCUT2D eigenvalue weighted by Crippen LogP contribution is 2.19. The van der Waals surface area contributed by atoms with E-state index in [1.165, 1.54) is 0 Å². The predicted octanol–water partition coefficient (Wildman–Crippen LogP) is 2.28. The van der Waals surface area contributed by atoms with Gasteiger partial charge in [0.25, 0.3) is 0 Å². The van der Waals surface area contributed by atoms with Gasteiger partial charge in [-0.2, -0.15) is 0 Å². The van der Waals surface area contributed by atoms with E-state index in [0.29, 0.717) is 23.8 Å². The third-order valence-corrected chi connectivity index (χ3v) is 3.15. The standard InChI is InChI=1S/C16H23NO4/c1-10(2)9-17-13(8-15(18)19)16(20)12-5-6-14(21-4)11(3)7-12/h5-7,10,13,17H,8-9H2,1-4H3,(H,18,19). The van der Waals surface area contributed by atoms with Crippen molar-refractivity contribution in [2.24, 2.45) is 5.92 Å². The number of carboxylic acids is 1. The van der Waals surface area contributed by atoms with E-state index < -0.39 is 12.0 Å². The van der Waals surface area contributed by atoms with Crippen LogP contribution in [0.3, 0.4) is 0 Å². The summed E-state index contributed by atoms with van der Waals surface area (Å²) in [6, 6.07) is 4.41. The van der Waals surface area contributed by atoms with E-state index in [1.54, 1.807) is 25.3 Å². The van der Waals surface area contributed by atoms with Crippen molar-refractivity contribution in [3.05, 3.63) is 29.3 Å². The van der Waals surface area contributed by atoms with E-state index in [-0.39, 0.29) is 12.2 Å². The summed E-state index contributed by atoms with van der Waals surface area (Å²) >= 11 is 0. The second-order valence-corrected chi connectivity index (χ2v) is 5.50. The fraction of sp³-hybridized carbons (Fsp3) is 0.500. The lowest BCUT2D eigenvalue weighted by Crippen LogP contribution is -2.40. The summed E-state index contributed by atoms with van der Waals surface area (Å²) < 4.78 is 5.16. The molecule has 0 heterocycles. The number of carbonyl (C=O) groups is 2. The zero-order valence-electron chi connectivity index (χ0n) is 13.0. The molecule has 0 aromatic heterocycles. The van der Waals surface area contributed by atoms with E-state index in [0.717, 1.165) is 5.56 Å². The number of carboxylic acid groups (broad SMARTS) is 1. The topological polar surface area (TPSA) is 75.6 Å². The zero-order chi connectivity index (χ0) is 16.0. The van der Waals surface area contributed by atoms with Gasteiger partial charge in [0.2, 0.25) is 0 Å². The zero-order valence-corrected chi connectivity index (χ0v) is 13.0. The first kappa shape index (κ1) is 17.2. The lowest BCUT2D eigenvalue weighted by Gasteiger charge is -2.18. The first-order valence-corrected chi connectivity index (χ1v) is 6.99. The van der Waals surface area contributed by atoms with Crippen LogP contribution in [0.2, 0.25) is 0 Å². The summed E-state index contributed by atoms with van der Waals surface area (Å²) in [6.07, 6.45) is -0.226. The number of rotatable bonds is 8. The minimum Gasteiger partial charge on any atom is -0.496 e. The maximum absolute atomic E-state index is 12.5. The SMILES string of the molecule is COc1ccc(C(=O)C(CC(=O)O)NCC(C)C)cc1C. The van der Waals surface area contributed by atoms with Gasteiger partial charge in [0, 0.05) is 5.56 Å². The van der Waals surface area contributed by atoms with Crippen LogP contribution in [0.15, 0.2) is 18.2 Å². The summed E-state index contributed by atoms with van der Waals surface area (Å²) in [5.74, 6) is -0.151. The monoisotopic (exact) mass is 293 g/mol. The Kier molecular flexibility index (Phi) is 6.37. The first-order chi connectivity index (χ1) is 9.85. The average Bonchev–Trinajstić information content (AvgIpc) is 2.42. The van der Waals surface area contributed by atoms with Gasteiger partial charge < -0.3 is 15.2 Å². The van der Waals surface area contributed by atoms with Gasteiger partial charge in [-0.1, -0.05) is 13.8 Å². The summed E-state index contributed by atoms with van der Waals surface area (Å²) in [5, 5.41) is 12.0. The first-order valence-electron chi connectivity index (χ1n) is 6.99. The van der Waals surface area contributed by atoms with Crippen molar-refractivity contribution in [1.29, 1.82) is 0 Å². The lowest BCUT2D eigenvalue weighted by atomic mass is 9.99. The number of aryl methyl sites for hydroxylation is 1. The van der Waals surface area contributed by atoms with Crippen molar-refractivity contribution in [3.8, 4) is 5.75 Å². The lowest BCUT2D eigenvalue weighted by molar-refractivity contribution is -0.137. The number of methoxy groups -OCH3 is 1. The molecule has 1 atom stereocenters. The number of Topliss-reactive ketones (excluding diaryl/α,β-unsaturated/α-hetero) is 1. The van der Waals surface area contributed by atoms with Crippen LogP contribution in [0.1, 0.15) is 36.2 Å². The molecule has 0 amide bonds. The number of benzene rings is 1. The van der Waals surface area contributed by atoms with Crippen molar-refractivity contribution in [2.75, 3.05) is 13.7 Å². The number of ketones is 1. The molecule has 5 nitrogen and oxygen atoms in total. The molecular weight excluding hydrogens is 270 g/mol. The largest absolute Gasteiger partial charge is 0.496 e. The fourth-order valence-electron chi connectivity index (χ4n) is 2.04. The molecule has 116 valence electrons. The van der Waals surface area contributed by atoms with Gasteiger partial charge in [0.15, 0.2) is 5.78 Å². The molecule has 1 rings (SSSR count). The van der Waals surface area contributed by atoms with E-state index in [2.05, 4.69) is 5.32 Å². The second-order valence-electron chi connectivity index (χ2n) is 5.50. The normalized spacial score (nSPS) is 12.2. The Bertz CT molecular complexity index is 511. The number of hydrogen-bond acceptors (Lipinski definition) is 4. The molecular formula is C16H23NO4. The minimum atomic E-state index is -0.991. The van der Waals surface area contributed by atoms with E-state index in [9.17, 15) is 9.59 Å². The van der Waals surface area contributed by atoms with Crippen LogP contribution in [0.4, 0.5) is 0 Å². The number of aliphatic carboxylic acids is 1. The summed E-state index contributed by atoms with van der Waals surface area (Å²) in [6.45, 7) is 6.46. The highest BCUT2D eigenvalue weighted by Gasteiger charge is 2.23. The summed E-state index contributed by atoms with van der Waals surface area (Å²) in [5.41, 5.74) is 1.34. The highest BCUT2D eigenvalue weighted by molar-refractivity contribution is 6.02. The van der Waals surface area contributed by atoms with Gasteiger partial charge in [-0.25, -0.2) is 0 Å². The number of nitrogens with one attached hydrogen (secondary N) is 1. The molecule has 1 unspecified atom stereocenters. The van der Waals surface area contributed by atoms with Crippen molar-refractivity contribution in [3.63, 3.8) is 0 Å². The van der Waals surface area contributed by atoms with Crippen LogP contribution in [0, 0.1) is 12.8 Å². The fourth-order valence-corrected chi connectivity index (χ4v) is 2.04. The van der Waals surface area contributed by atoms with Crippen molar-refractivity contribution in [1.82, 2.24) is 5.32 Å². The van der Waals surface area contributed by atoms with Crippen molar-refractivity contribution >= 4 is 11.8 Å². The molecule has 0 bridgehead atoms. The van der Waals surface area contributed by atoms with Crippen LogP contribution in [-0.4, -0.2) is 36.6 Å². The van der Waals surface area contributed by atoms with E-state index >= 15 is 0 Å². The molecule has 0 aliphatic heterocycles. The summed E-state index contributed by atoms with van der Waals surface area (Å²) in [7, 11) is 1.57. The Labute approximate surface area is 125 Å². The van der Waals surface area contributed by atoms with Crippen LogP contribution < -0.4 is 10.1 Å². The number of hydrogen-bond donors (Lipinski definition) is 2. The molecule has 0 aliphatic rings. The van der Waals surface area contributed by atoms with Gasteiger partial charge >= 0.3 is 5.97 Å². The minimum absolute atomic E-state index is 0.205. The Morgan fingerprint density at radius 1 is 1.33 bits per heavy atom. The number of ether oxygens (including phenoxy) is 1. The molecule has 0 aliphatic carbocycles.